The van der Waals surface area contributed by atoms with Crippen molar-refractivity contribution in [1.82, 2.24) is 14.4 Å². The molecule has 0 saturated carbocycles. The topological polar surface area (TPSA) is 77.8 Å². The summed E-state index contributed by atoms with van der Waals surface area (Å²) in [6, 6.07) is 1.80. The van der Waals surface area contributed by atoms with Gasteiger partial charge in [0.05, 0.1) is 19.4 Å². The molecule has 0 aromatic carbocycles. The summed E-state index contributed by atoms with van der Waals surface area (Å²) in [7, 11) is 1.34. The molecule has 0 saturated heterocycles. The molecule has 2 aromatic rings. The maximum absolute atomic E-state index is 11.5. The predicted octanol–water partition coefficient (Wildman–Crippen LogP) is 1.74. The van der Waals surface area contributed by atoms with Crippen molar-refractivity contribution < 1.29 is 14.3 Å². The van der Waals surface area contributed by atoms with Gasteiger partial charge in [-0.2, -0.15) is 4.98 Å². The quantitative estimate of drug-likeness (QED) is 0.618. The first-order valence-electron chi connectivity index (χ1n) is 6.89. The SMILES string of the molecule is COC(=O)c1cnc2nc(NCCCOC(C)C)ccn12. The van der Waals surface area contributed by atoms with E-state index in [4.69, 9.17) is 4.74 Å². The van der Waals surface area contributed by atoms with E-state index in [2.05, 4.69) is 20.0 Å². The van der Waals surface area contributed by atoms with Gasteiger partial charge in [0.2, 0.25) is 5.78 Å². The van der Waals surface area contributed by atoms with Gasteiger partial charge < -0.3 is 14.8 Å². The van der Waals surface area contributed by atoms with Gasteiger partial charge in [0.25, 0.3) is 0 Å². The number of imidazole rings is 1. The fraction of sp³-hybridized carbons (Fsp3) is 0.500. The fourth-order valence-electron chi connectivity index (χ4n) is 1.83. The number of nitrogens with one attached hydrogen (secondary N) is 1. The lowest BCUT2D eigenvalue weighted by Crippen LogP contribution is -2.10. The molecular formula is C14H20N4O3. The Morgan fingerprint density at radius 2 is 2.29 bits per heavy atom. The van der Waals surface area contributed by atoms with E-state index in [1.54, 1.807) is 16.7 Å². The molecule has 1 N–H and O–H groups in total. The van der Waals surface area contributed by atoms with Crippen LogP contribution in [0.4, 0.5) is 5.82 Å². The highest BCUT2D eigenvalue weighted by Crippen LogP contribution is 2.10. The van der Waals surface area contributed by atoms with Gasteiger partial charge in [0, 0.05) is 19.3 Å². The van der Waals surface area contributed by atoms with Crippen LogP contribution in [0, 0.1) is 0 Å². The molecule has 7 heteroatoms. The highest BCUT2D eigenvalue weighted by Gasteiger charge is 2.12. The number of carbonyl (C=O) groups excluding carboxylic acids is 1. The van der Waals surface area contributed by atoms with E-state index >= 15 is 0 Å². The number of hydrogen-bond acceptors (Lipinski definition) is 6. The predicted molar refractivity (Wildman–Crippen MR) is 78.5 cm³/mol. The van der Waals surface area contributed by atoms with Crippen LogP contribution in [0.2, 0.25) is 0 Å². The summed E-state index contributed by atoms with van der Waals surface area (Å²) < 4.78 is 11.7. The van der Waals surface area contributed by atoms with Crippen LogP contribution in [0.5, 0.6) is 0 Å². The Labute approximate surface area is 123 Å². The summed E-state index contributed by atoms with van der Waals surface area (Å²) in [4.78, 5) is 20.0. The standard InChI is InChI=1S/C14H20N4O3/c1-10(2)21-8-4-6-15-12-5-7-18-11(13(19)20-3)9-16-14(18)17-12/h5,7,9-10H,4,6,8H2,1-3H3,(H,15,16,17). The van der Waals surface area contributed by atoms with Crippen LogP contribution < -0.4 is 5.32 Å². The highest BCUT2D eigenvalue weighted by molar-refractivity contribution is 5.88. The second kappa shape index (κ2) is 7.03. The van der Waals surface area contributed by atoms with Crippen molar-refractivity contribution in [2.75, 3.05) is 25.6 Å². The largest absolute Gasteiger partial charge is 0.464 e. The maximum Gasteiger partial charge on any atom is 0.356 e. The third-order valence-electron chi connectivity index (χ3n) is 2.85. The third-order valence-corrected chi connectivity index (χ3v) is 2.85. The van der Waals surface area contributed by atoms with Gasteiger partial charge in [-0.25, -0.2) is 9.78 Å². The number of carbonyl (C=O) groups is 1. The first-order chi connectivity index (χ1) is 10.1. The van der Waals surface area contributed by atoms with Crippen molar-refractivity contribution in [3.8, 4) is 0 Å². The van der Waals surface area contributed by atoms with Crippen molar-refractivity contribution in [3.63, 3.8) is 0 Å². The van der Waals surface area contributed by atoms with Crippen molar-refractivity contribution in [3.05, 3.63) is 24.2 Å². The lowest BCUT2D eigenvalue weighted by molar-refractivity contribution is 0.0592. The maximum atomic E-state index is 11.5. The van der Waals surface area contributed by atoms with Gasteiger partial charge in [0.15, 0.2) is 5.69 Å². The summed E-state index contributed by atoms with van der Waals surface area (Å²) in [5.41, 5.74) is 0.358. The Morgan fingerprint density at radius 3 is 3.00 bits per heavy atom. The summed E-state index contributed by atoms with van der Waals surface area (Å²) in [6.45, 7) is 5.50. The van der Waals surface area contributed by atoms with Crippen LogP contribution in [0.3, 0.4) is 0 Å². The number of nitrogens with zero attached hydrogens (tertiary/aromatic N) is 3. The smallest absolute Gasteiger partial charge is 0.356 e. The highest BCUT2D eigenvalue weighted by atomic mass is 16.5. The molecule has 2 heterocycles. The monoisotopic (exact) mass is 292 g/mol. The molecule has 0 fully saturated rings. The zero-order chi connectivity index (χ0) is 15.2. The number of rotatable bonds is 7. The molecule has 0 spiro atoms. The summed E-state index contributed by atoms with van der Waals surface area (Å²) in [5.74, 6) is 0.740. The molecule has 2 aromatic heterocycles. The number of hydrogen-bond donors (Lipinski definition) is 1. The number of fused-ring (bicyclic) bond motifs is 1. The van der Waals surface area contributed by atoms with Crippen molar-refractivity contribution in [2.24, 2.45) is 0 Å². The van der Waals surface area contributed by atoms with Crippen molar-refractivity contribution >= 4 is 17.6 Å². The molecule has 0 bridgehead atoms. The summed E-state index contributed by atoms with van der Waals surface area (Å²) in [6.07, 6.45) is 4.34. The molecule has 2 rings (SSSR count). The van der Waals surface area contributed by atoms with Crippen molar-refractivity contribution in [2.45, 2.75) is 26.4 Å². The lowest BCUT2D eigenvalue weighted by atomic mass is 10.4. The van der Waals surface area contributed by atoms with E-state index in [1.165, 1.54) is 13.3 Å². The van der Waals surface area contributed by atoms with Gasteiger partial charge >= 0.3 is 5.97 Å². The number of methoxy groups -OCH3 is 1. The minimum Gasteiger partial charge on any atom is -0.464 e. The molecule has 0 radical (unpaired) electrons. The number of ether oxygens (including phenoxy) is 2. The molecule has 0 atom stereocenters. The minimum atomic E-state index is -0.434. The zero-order valence-electron chi connectivity index (χ0n) is 12.5. The van der Waals surface area contributed by atoms with Crippen LogP contribution >= 0.6 is 0 Å². The molecule has 21 heavy (non-hydrogen) atoms. The van der Waals surface area contributed by atoms with Crippen LogP contribution in [-0.4, -0.2) is 46.7 Å². The average Bonchev–Trinajstić information content (AvgIpc) is 2.89. The van der Waals surface area contributed by atoms with Crippen LogP contribution in [0.1, 0.15) is 30.8 Å². The van der Waals surface area contributed by atoms with Crippen LogP contribution in [0.25, 0.3) is 5.78 Å². The number of esters is 1. The Balaban J connectivity index is 1.95. The van der Waals surface area contributed by atoms with Crippen LogP contribution in [-0.2, 0) is 9.47 Å². The molecule has 0 aliphatic carbocycles. The number of aromatic nitrogens is 3. The Kier molecular flexibility index (Phi) is 5.10. The normalized spacial score (nSPS) is 11.0. The van der Waals surface area contributed by atoms with Crippen molar-refractivity contribution in [1.29, 1.82) is 0 Å². The van der Waals surface area contributed by atoms with Gasteiger partial charge in [-0.15, -0.1) is 0 Å². The molecule has 7 nitrogen and oxygen atoms in total. The first kappa shape index (κ1) is 15.2. The van der Waals surface area contributed by atoms with E-state index in [0.717, 1.165) is 13.0 Å². The van der Waals surface area contributed by atoms with E-state index in [1.807, 2.05) is 13.8 Å². The Hall–Kier alpha value is -2.15. The molecular weight excluding hydrogens is 272 g/mol. The molecule has 0 aliphatic rings. The Bertz CT molecular complexity index is 609. The molecule has 114 valence electrons. The lowest BCUT2D eigenvalue weighted by Gasteiger charge is -2.08. The van der Waals surface area contributed by atoms with Crippen LogP contribution in [0.15, 0.2) is 18.5 Å². The Morgan fingerprint density at radius 1 is 1.48 bits per heavy atom. The zero-order valence-corrected chi connectivity index (χ0v) is 12.5. The minimum absolute atomic E-state index is 0.251. The fourth-order valence-corrected chi connectivity index (χ4v) is 1.83. The third kappa shape index (κ3) is 3.91. The molecule has 0 amide bonds. The van der Waals surface area contributed by atoms with Gasteiger partial charge in [-0.05, 0) is 26.3 Å². The second-order valence-electron chi connectivity index (χ2n) is 4.82. The van der Waals surface area contributed by atoms with Gasteiger partial charge in [-0.3, -0.25) is 4.40 Å². The average molecular weight is 292 g/mol. The first-order valence-corrected chi connectivity index (χ1v) is 6.89. The van der Waals surface area contributed by atoms with E-state index in [0.29, 0.717) is 23.9 Å². The number of anilines is 1. The van der Waals surface area contributed by atoms with E-state index in [-0.39, 0.29) is 6.10 Å². The molecule has 0 unspecified atom stereocenters. The van der Waals surface area contributed by atoms with Gasteiger partial charge in [-0.1, -0.05) is 0 Å². The second-order valence-corrected chi connectivity index (χ2v) is 4.82. The van der Waals surface area contributed by atoms with E-state index < -0.39 is 5.97 Å². The molecule has 0 aliphatic heterocycles. The van der Waals surface area contributed by atoms with E-state index in [9.17, 15) is 4.79 Å². The summed E-state index contributed by atoms with van der Waals surface area (Å²) >= 11 is 0. The van der Waals surface area contributed by atoms with Gasteiger partial charge in [0.1, 0.15) is 5.82 Å². The summed E-state index contributed by atoms with van der Waals surface area (Å²) in [5, 5.41) is 3.20.